The van der Waals surface area contributed by atoms with Gasteiger partial charge in [-0.15, -0.1) is 0 Å². The summed E-state index contributed by atoms with van der Waals surface area (Å²) >= 11 is 5.48. The molecule has 0 aromatic carbocycles. The third-order valence-electron chi connectivity index (χ3n) is 4.99. The molecule has 4 aliphatic carbocycles. The molecule has 0 unspecified atom stereocenters. The Morgan fingerprint density at radius 3 is 2.00 bits per heavy atom. The van der Waals surface area contributed by atoms with Gasteiger partial charge in [0, 0.05) is 12.1 Å². The van der Waals surface area contributed by atoms with E-state index in [1.807, 2.05) is 0 Å². The highest BCUT2D eigenvalue weighted by atomic mass is 35.5. The van der Waals surface area contributed by atoms with Crippen molar-refractivity contribution in [3.63, 3.8) is 0 Å². The fourth-order valence-corrected chi connectivity index (χ4v) is 4.97. The summed E-state index contributed by atoms with van der Waals surface area (Å²) in [5, 5.41) is 3.86. The zero-order chi connectivity index (χ0) is 11.0. The van der Waals surface area contributed by atoms with Crippen LogP contribution in [0.4, 0.5) is 0 Å². The Labute approximate surface area is 104 Å². The maximum Gasteiger partial charge on any atom is 0.0189 e. The Hall–Kier alpha value is 0.210. The molecule has 2 N–H and O–H groups in total. The second-order valence-corrected chi connectivity index (χ2v) is 6.63. The quantitative estimate of drug-likeness (QED) is 0.572. The molecule has 4 fully saturated rings. The highest BCUT2D eigenvalue weighted by Crippen LogP contribution is 2.55. The summed E-state index contributed by atoms with van der Waals surface area (Å²) in [5.74, 6) is 3.14. The average molecular weight is 243 g/mol. The van der Waals surface area contributed by atoms with Crippen LogP contribution in [0.15, 0.2) is 0 Å². The highest BCUT2D eigenvalue weighted by molar-refractivity contribution is 6.13. The summed E-state index contributed by atoms with van der Waals surface area (Å²) in [6, 6.07) is 0. The lowest BCUT2D eigenvalue weighted by Crippen LogP contribution is -2.58. The Kier molecular flexibility index (Phi) is 3.16. The van der Waals surface area contributed by atoms with Gasteiger partial charge in [0.25, 0.3) is 0 Å². The monoisotopic (exact) mass is 242 g/mol. The molecule has 0 aliphatic heterocycles. The van der Waals surface area contributed by atoms with E-state index in [0.717, 1.165) is 37.3 Å². The highest BCUT2D eigenvalue weighted by Gasteiger charge is 2.50. The maximum atomic E-state index is 5.48. The molecule has 0 aromatic heterocycles. The predicted octanol–water partition coefficient (Wildman–Crippen LogP) is 2.68. The molecule has 2 nitrogen and oxygen atoms in total. The summed E-state index contributed by atoms with van der Waals surface area (Å²) < 4.78 is 0. The van der Waals surface area contributed by atoms with E-state index in [9.17, 15) is 0 Å². The summed E-state index contributed by atoms with van der Waals surface area (Å²) in [5.41, 5.74) is 0.529. The van der Waals surface area contributed by atoms with Crippen molar-refractivity contribution in [2.75, 3.05) is 13.1 Å². The van der Waals surface area contributed by atoms with Gasteiger partial charge in [-0.25, -0.2) is 4.84 Å². The van der Waals surface area contributed by atoms with Gasteiger partial charge in [0.05, 0.1) is 0 Å². The van der Waals surface area contributed by atoms with Crippen LogP contribution < -0.4 is 10.2 Å². The summed E-state index contributed by atoms with van der Waals surface area (Å²) in [4.78, 5) is 2.71. The molecule has 4 aliphatic rings. The van der Waals surface area contributed by atoms with Crippen LogP contribution >= 0.6 is 11.8 Å². The number of hydrogen-bond acceptors (Lipinski definition) is 2. The molecule has 0 heterocycles. The Morgan fingerprint density at radius 2 is 1.50 bits per heavy atom. The molecule has 4 saturated carbocycles. The van der Waals surface area contributed by atoms with Gasteiger partial charge in [0.15, 0.2) is 0 Å². The van der Waals surface area contributed by atoms with Crippen molar-refractivity contribution in [1.29, 1.82) is 0 Å². The Bertz CT molecular complexity index is 219. The van der Waals surface area contributed by atoms with Crippen LogP contribution in [0.1, 0.15) is 44.9 Å². The first-order chi connectivity index (χ1) is 7.80. The van der Waals surface area contributed by atoms with Crippen LogP contribution in [0.25, 0.3) is 0 Å². The van der Waals surface area contributed by atoms with Gasteiger partial charge in [-0.3, -0.25) is 0 Å². The van der Waals surface area contributed by atoms with Crippen molar-refractivity contribution >= 4 is 11.8 Å². The van der Waals surface area contributed by atoms with E-state index < -0.39 is 0 Å². The zero-order valence-corrected chi connectivity index (χ0v) is 10.7. The second-order valence-electron chi connectivity index (χ2n) is 6.36. The normalized spacial score (nSPS) is 45.2. The fourth-order valence-electron chi connectivity index (χ4n) is 4.84. The topological polar surface area (TPSA) is 24.1 Å². The van der Waals surface area contributed by atoms with Gasteiger partial charge in [-0.05, 0) is 81.0 Å². The van der Waals surface area contributed by atoms with Gasteiger partial charge in [0.2, 0.25) is 0 Å². The molecule has 0 spiro atoms. The number of hydrogen-bond donors (Lipinski definition) is 2. The van der Waals surface area contributed by atoms with Crippen LogP contribution in [0.3, 0.4) is 0 Å². The van der Waals surface area contributed by atoms with Crippen LogP contribution in [-0.2, 0) is 0 Å². The first-order valence-corrected chi connectivity index (χ1v) is 7.26. The minimum Gasteiger partial charge on any atom is -0.311 e. The van der Waals surface area contributed by atoms with Gasteiger partial charge in [-0.2, -0.15) is 0 Å². The molecule has 0 aromatic rings. The molecule has 0 amide bonds. The number of rotatable bonds is 5. The van der Waals surface area contributed by atoms with Crippen molar-refractivity contribution < 1.29 is 0 Å². The summed E-state index contributed by atoms with van der Waals surface area (Å²) in [6.07, 6.45) is 10.1. The van der Waals surface area contributed by atoms with Gasteiger partial charge in [-0.1, -0.05) is 0 Å². The van der Waals surface area contributed by atoms with Crippen molar-refractivity contribution in [3.8, 4) is 0 Å². The van der Waals surface area contributed by atoms with E-state index in [4.69, 9.17) is 11.8 Å². The lowest BCUT2D eigenvalue weighted by Gasteiger charge is -2.57. The fraction of sp³-hybridized carbons (Fsp3) is 1.00. The largest absolute Gasteiger partial charge is 0.311 e. The van der Waals surface area contributed by atoms with Crippen molar-refractivity contribution in [2.45, 2.75) is 50.5 Å². The molecule has 0 radical (unpaired) electrons. The third kappa shape index (κ3) is 2.12. The minimum absolute atomic E-state index is 0.529. The summed E-state index contributed by atoms with van der Waals surface area (Å²) in [7, 11) is 0. The first-order valence-electron chi connectivity index (χ1n) is 6.88. The molecule has 92 valence electrons. The molecule has 4 rings (SSSR count). The standard InChI is InChI=1S/C13H23ClN2/c14-16-3-1-2-15-13-7-10-4-11(8-13)6-12(5-10)9-13/h10-12,15-16H,1-9H2. The molecule has 3 heteroatoms. The van der Waals surface area contributed by atoms with E-state index in [-0.39, 0.29) is 0 Å². The van der Waals surface area contributed by atoms with E-state index >= 15 is 0 Å². The Morgan fingerprint density at radius 1 is 0.938 bits per heavy atom. The predicted molar refractivity (Wildman–Crippen MR) is 67.4 cm³/mol. The molecule has 0 atom stereocenters. The Balaban J connectivity index is 1.56. The molecule has 0 saturated heterocycles. The van der Waals surface area contributed by atoms with Gasteiger partial charge in [0.1, 0.15) is 0 Å². The third-order valence-corrected chi connectivity index (χ3v) is 5.18. The smallest absolute Gasteiger partial charge is 0.0189 e. The molecule has 4 bridgehead atoms. The number of halogens is 1. The first kappa shape index (κ1) is 11.3. The number of nitrogens with one attached hydrogen (secondary N) is 2. The van der Waals surface area contributed by atoms with Crippen LogP contribution in [0, 0.1) is 17.8 Å². The van der Waals surface area contributed by atoms with E-state index in [1.54, 1.807) is 0 Å². The van der Waals surface area contributed by atoms with Crippen LogP contribution in [0.5, 0.6) is 0 Å². The average Bonchev–Trinajstić information content (AvgIpc) is 2.22. The molecular formula is C13H23ClN2. The van der Waals surface area contributed by atoms with Crippen molar-refractivity contribution in [3.05, 3.63) is 0 Å². The van der Waals surface area contributed by atoms with Gasteiger partial charge >= 0.3 is 0 Å². The van der Waals surface area contributed by atoms with Crippen LogP contribution in [0.2, 0.25) is 0 Å². The maximum absolute atomic E-state index is 5.48. The SMILES string of the molecule is ClNCCCNC12CC3CC(CC(C3)C1)C2. The molecular weight excluding hydrogens is 220 g/mol. The van der Waals surface area contributed by atoms with Crippen molar-refractivity contribution in [2.24, 2.45) is 17.8 Å². The minimum atomic E-state index is 0.529. The van der Waals surface area contributed by atoms with Gasteiger partial charge < -0.3 is 5.32 Å². The molecule has 16 heavy (non-hydrogen) atoms. The van der Waals surface area contributed by atoms with E-state index in [1.165, 1.54) is 38.5 Å². The lowest BCUT2D eigenvalue weighted by molar-refractivity contribution is -0.0194. The van der Waals surface area contributed by atoms with E-state index in [0.29, 0.717) is 5.54 Å². The lowest BCUT2D eigenvalue weighted by atomic mass is 9.53. The van der Waals surface area contributed by atoms with Crippen LogP contribution in [-0.4, -0.2) is 18.6 Å². The zero-order valence-electron chi connectivity index (χ0n) is 9.97. The van der Waals surface area contributed by atoms with E-state index in [2.05, 4.69) is 10.2 Å². The second kappa shape index (κ2) is 4.47. The summed E-state index contributed by atoms with van der Waals surface area (Å²) in [6.45, 7) is 2.05. The van der Waals surface area contributed by atoms with Crippen molar-refractivity contribution in [1.82, 2.24) is 10.2 Å².